The second-order valence-electron chi connectivity index (χ2n) is 1.09. The third-order valence-corrected chi connectivity index (χ3v) is 0.633. The molecule has 0 aromatic carbocycles. The van der Waals surface area contributed by atoms with Crippen LogP contribution in [0.15, 0.2) is 12.3 Å². The maximum absolute atomic E-state index is 8.00. The highest BCUT2D eigenvalue weighted by molar-refractivity contribution is 4.70. The summed E-state index contributed by atoms with van der Waals surface area (Å²) in [4.78, 5) is 2.84. The zero-order valence-electron chi connectivity index (χ0n) is 3.55. The quantitative estimate of drug-likeness (QED) is 0.322. The molecule has 1 aromatic heterocycles. The number of nitrogens with one attached hydrogen (secondary N) is 2. The minimum absolute atomic E-state index is 0.431. The van der Waals surface area contributed by atoms with Crippen LogP contribution in [0.5, 0.6) is 0 Å². The SMILES string of the molecule is [N-]=[N+]=c1cc[nH][nH]1. The van der Waals surface area contributed by atoms with Crippen molar-refractivity contribution in [3.8, 4) is 0 Å². The highest BCUT2D eigenvalue weighted by atomic mass is 15.1. The lowest BCUT2D eigenvalue weighted by Crippen LogP contribution is -2.00. The van der Waals surface area contributed by atoms with Crippen molar-refractivity contribution < 1.29 is 4.79 Å². The van der Waals surface area contributed by atoms with Crippen molar-refractivity contribution in [2.75, 3.05) is 0 Å². The molecule has 0 spiro atoms. The maximum atomic E-state index is 8.00. The highest BCUT2D eigenvalue weighted by Crippen LogP contribution is 1.53. The molecule has 2 N–H and O–H groups in total. The maximum Gasteiger partial charge on any atom is 0.377 e. The molecule has 0 bridgehead atoms. The molecule has 4 heteroatoms. The van der Waals surface area contributed by atoms with Crippen LogP contribution in [0.4, 0.5) is 0 Å². The largest absolute Gasteiger partial charge is 0.497 e. The summed E-state index contributed by atoms with van der Waals surface area (Å²) in [5.41, 5.74) is 8.43. The Labute approximate surface area is 39.4 Å². The summed E-state index contributed by atoms with van der Waals surface area (Å²) in [6.45, 7) is 0. The first kappa shape index (κ1) is 3.89. The van der Waals surface area contributed by atoms with E-state index in [1.165, 1.54) is 0 Å². The second kappa shape index (κ2) is 1.45. The van der Waals surface area contributed by atoms with Crippen molar-refractivity contribution in [2.45, 2.75) is 0 Å². The van der Waals surface area contributed by atoms with Crippen molar-refractivity contribution in [2.24, 2.45) is 0 Å². The molecule has 1 heterocycles. The van der Waals surface area contributed by atoms with Crippen molar-refractivity contribution in [3.05, 3.63) is 23.3 Å². The first-order valence-electron chi connectivity index (χ1n) is 1.83. The Balaban J connectivity index is 3.50. The van der Waals surface area contributed by atoms with Gasteiger partial charge in [0, 0.05) is 6.20 Å². The highest BCUT2D eigenvalue weighted by Gasteiger charge is 1.78. The number of rotatable bonds is 0. The number of hydrogen-bond donors (Lipinski definition) is 2. The molecule has 0 aliphatic rings. The van der Waals surface area contributed by atoms with Gasteiger partial charge in [0.1, 0.15) is 0 Å². The normalized spacial score (nSPS) is 8.00. The van der Waals surface area contributed by atoms with Gasteiger partial charge in [0.05, 0.1) is 6.07 Å². The Bertz CT molecular complexity index is 196. The van der Waals surface area contributed by atoms with Crippen LogP contribution in [0, 0.1) is 0 Å². The predicted octanol–water partition coefficient (Wildman–Crippen LogP) is -0.527. The van der Waals surface area contributed by atoms with E-state index in [0.717, 1.165) is 0 Å². The Morgan fingerprint density at radius 2 is 2.57 bits per heavy atom. The molecule has 7 heavy (non-hydrogen) atoms. The van der Waals surface area contributed by atoms with Crippen molar-refractivity contribution in [3.63, 3.8) is 0 Å². The fourth-order valence-corrected chi connectivity index (χ4v) is 0.336. The molecular formula is C3H4N4. The number of nitrogens with zero attached hydrogens (tertiary/aromatic N) is 2. The van der Waals surface area contributed by atoms with E-state index in [1.807, 2.05) is 0 Å². The van der Waals surface area contributed by atoms with Gasteiger partial charge in [0.25, 0.3) is 0 Å². The number of hydrogen-bond acceptors (Lipinski definition) is 0. The van der Waals surface area contributed by atoms with Gasteiger partial charge in [0.15, 0.2) is 0 Å². The summed E-state index contributed by atoms with van der Waals surface area (Å²) in [6.07, 6.45) is 1.63. The van der Waals surface area contributed by atoms with Crippen LogP contribution >= 0.6 is 0 Å². The summed E-state index contributed by atoms with van der Waals surface area (Å²) in [5.74, 6) is 0. The summed E-state index contributed by atoms with van der Waals surface area (Å²) in [7, 11) is 0. The van der Waals surface area contributed by atoms with Gasteiger partial charge in [-0.15, -0.1) is 0 Å². The average molecular weight is 96.1 g/mol. The van der Waals surface area contributed by atoms with E-state index < -0.39 is 0 Å². The number of H-pyrrole nitrogens is 2. The summed E-state index contributed by atoms with van der Waals surface area (Å²) < 4.78 is 0. The Kier molecular flexibility index (Phi) is 0.805. The van der Waals surface area contributed by atoms with Crippen LogP contribution in [0.25, 0.3) is 5.53 Å². The third kappa shape index (κ3) is 0.586. The van der Waals surface area contributed by atoms with Crippen molar-refractivity contribution >= 4 is 0 Å². The number of aromatic amines is 2. The Morgan fingerprint density at radius 1 is 1.71 bits per heavy atom. The smallest absolute Gasteiger partial charge is 0.377 e. The fraction of sp³-hybridized carbons (Fsp3) is 0. The summed E-state index contributed by atoms with van der Waals surface area (Å²) >= 11 is 0. The lowest BCUT2D eigenvalue weighted by Gasteiger charge is -1.53. The zero-order chi connectivity index (χ0) is 5.11. The van der Waals surface area contributed by atoms with Crippen LogP contribution in [-0.2, 0) is 0 Å². The van der Waals surface area contributed by atoms with Crippen molar-refractivity contribution in [1.82, 2.24) is 10.2 Å². The van der Waals surface area contributed by atoms with Gasteiger partial charge in [-0.05, 0) is 0 Å². The van der Waals surface area contributed by atoms with E-state index >= 15 is 0 Å². The lowest BCUT2D eigenvalue weighted by molar-refractivity contribution is -0.0720. The van der Waals surface area contributed by atoms with Crippen LogP contribution in [0.3, 0.4) is 0 Å². The molecular weight excluding hydrogens is 92.1 g/mol. The molecule has 0 unspecified atom stereocenters. The molecule has 1 rings (SSSR count). The molecule has 1 aromatic rings. The van der Waals surface area contributed by atoms with Gasteiger partial charge >= 0.3 is 5.49 Å². The van der Waals surface area contributed by atoms with E-state index in [9.17, 15) is 0 Å². The van der Waals surface area contributed by atoms with Crippen LogP contribution in [-0.4, -0.2) is 15.0 Å². The van der Waals surface area contributed by atoms with Gasteiger partial charge in [-0.1, -0.05) is 0 Å². The molecule has 0 amide bonds. The van der Waals surface area contributed by atoms with E-state index in [4.69, 9.17) is 5.53 Å². The zero-order valence-corrected chi connectivity index (χ0v) is 3.55. The van der Waals surface area contributed by atoms with Crippen LogP contribution in [0.1, 0.15) is 0 Å². The summed E-state index contributed by atoms with van der Waals surface area (Å²) in [6, 6.07) is 1.61. The topological polar surface area (TPSA) is 68.0 Å². The molecule has 0 saturated heterocycles. The molecule has 0 saturated carbocycles. The Morgan fingerprint density at radius 3 is 2.86 bits per heavy atom. The minimum atomic E-state index is 0.431. The molecule has 0 atom stereocenters. The molecule has 0 aliphatic carbocycles. The first-order valence-corrected chi connectivity index (χ1v) is 1.83. The molecule has 0 radical (unpaired) electrons. The molecule has 4 nitrogen and oxygen atoms in total. The monoisotopic (exact) mass is 96.0 g/mol. The average Bonchev–Trinajstić information content (AvgIpc) is 2.14. The standard InChI is InChI=1S/C3H4N4/c4-6-3-1-2-5-7-3/h1-2,5,7H. The second-order valence-corrected chi connectivity index (χ2v) is 1.09. The van der Waals surface area contributed by atoms with E-state index in [2.05, 4.69) is 15.0 Å². The van der Waals surface area contributed by atoms with Gasteiger partial charge in [-0.2, -0.15) is 5.10 Å². The van der Waals surface area contributed by atoms with Crippen LogP contribution in [0.2, 0.25) is 0 Å². The van der Waals surface area contributed by atoms with E-state index in [0.29, 0.717) is 5.49 Å². The molecule has 36 valence electrons. The van der Waals surface area contributed by atoms with Crippen LogP contribution < -0.4 is 5.49 Å². The first-order chi connectivity index (χ1) is 3.43. The van der Waals surface area contributed by atoms with E-state index in [1.54, 1.807) is 12.3 Å². The van der Waals surface area contributed by atoms with Crippen molar-refractivity contribution in [1.29, 1.82) is 0 Å². The van der Waals surface area contributed by atoms with E-state index in [-0.39, 0.29) is 0 Å². The molecule has 0 aliphatic heterocycles. The third-order valence-electron chi connectivity index (χ3n) is 0.633. The van der Waals surface area contributed by atoms with Gasteiger partial charge < -0.3 is 10.3 Å². The lowest BCUT2D eigenvalue weighted by atomic mass is 10.7. The van der Waals surface area contributed by atoms with Gasteiger partial charge in [-0.3, -0.25) is 0 Å². The predicted molar refractivity (Wildman–Crippen MR) is 21.9 cm³/mol. The minimum Gasteiger partial charge on any atom is -0.497 e. The fourth-order valence-electron chi connectivity index (χ4n) is 0.336. The van der Waals surface area contributed by atoms with Gasteiger partial charge in [0.2, 0.25) is 0 Å². The molecule has 0 fully saturated rings. The number of aromatic nitrogens is 2. The Hall–Kier alpha value is -1.28. The van der Waals surface area contributed by atoms with Gasteiger partial charge in [-0.25, -0.2) is 5.10 Å². The summed E-state index contributed by atoms with van der Waals surface area (Å²) in [5, 5.41) is 5.15.